The summed E-state index contributed by atoms with van der Waals surface area (Å²) in [6.45, 7) is 6.16. The number of aryl methyl sites for hydroxylation is 1. The predicted octanol–water partition coefficient (Wildman–Crippen LogP) is 3.89. The van der Waals surface area contributed by atoms with Gasteiger partial charge in [0.25, 0.3) is 0 Å². The monoisotopic (exact) mass is 260 g/mol. The van der Waals surface area contributed by atoms with Gasteiger partial charge >= 0.3 is 0 Å². The average Bonchev–Trinajstić information content (AvgIpc) is 2.85. The van der Waals surface area contributed by atoms with Crippen molar-refractivity contribution in [2.45, 2.75) is 39.4 Å². The number of nitrogens with one attached hydrogen (secondary N) is 1. The number of halogens is 1. The molecule has 0 aliphatic rings. The summed E-state index contributed by atoms with van der Waals surface area (Å²) in [6.07, 6.45) is 5.44. The third-order valence-electron chi connectivity index (χ3n) is 3.28. The van der Waals surface area contributed by atoms with Gasteiger partial charge < -0.3 is 9.88 Å². The second-order valence-corrected chi connectivity index (χ2v) is 4.91. The molecule has 1 atom stereocenters. The lowest BCUT2D eigenvalue weighted by molar-refractivity contribution is 0.570. The molecular formula is C16H21FN2. The summed E-state index contributed by atoms with van der Waals surface area (Å²) in [5, 5.41) is 3.45. The average molecular weight is 260 g/mol. The lowest BCUT2D eigenvalue weighted by Gasteiger charge is -2.13. The fourth-order valence-electron chi connectivity index (χ4n) is 2.13. The van der Waals surface area contributed by atoms with E-state index in [2.05, 4.69) is 42.2 Å². The van der Waals surface area contributed by atoms with Crippen LogP contribution in [0.5, 0.6) is 0 Å². The highest BCUT2D eigenvalue weighted by molar-refractivity contribution is 5.19. The topological polar surface area (TPSA) is 17.0 Å². The van der Waals surface area contributed by atoms with Gasteiger partial charge in [0.05, 0.1) is 0 Å². The number of hydrogen-bond acceptors (Lipinski definition) is 1. The van der Waals surface area contributed by atoms with Crippen molar-refractivity contribution in [3.05, 3.63) is 59.7 Å². The van der Waals surface area contributed by atoms with Crippen molar-refractivity contribution in [3.8, 4) is 0 Å². The fourth-order valence-corrected chi connectivity index (χ4v) is 2.13. The molecule has 1 unspecified atom stereocenters. The minimum absolute atomic E-state index is 0.187. The minimum atomic E-state index is -0.187. The molecule has 0 aliphatic carbocycles. The predicted molar refractivity (Wildman–Crippen MR) is 76.4 cm³/mol. The molecule has 2 nitrogen and oxygen atoms in total. The Morgan fingerprint density at radius 1 is 1.21 bits per heavy atom. The van der Waals surface area contributed by atoms with Gasteiger partial charge in [-0.25, -0.2) is 4.39 Å². The second kappa shape index (κ2) is 6.53. The van der Waals surface area contributed by atoms with E-state index in [1.165, 1.54) is 17.7 Å². The zero-order valence-corrected chi connectivity index (χ0v) is 11.6. The third-order valence-corrected chi connectivity index (χ3v) is 3.28. The van der Waals surface area contributed by atoms with Crippen LogP contribution >= 0.6 is 0 Å². The maximum Gasteiger partial charge on any atom is 0.123 e. The van der Waals surface area contributed by atoms with Gasteiger partial charge in [0.15, 0.2) is 0 Å². The van der Waals surface area contributed by atoms with Crippen molar-refractivity contribution < 1.29 is 4.39 Å². The van der Waals surface area contributed by atoms with Crippen LogP contribution in [0, 0.1) is 5.82 Å². The van der Waals surface area contributed by atoms with Crippen LogP contribution in [0.4, 0.5) is 4.39 Å². The molecule has 0 spiro atoms. The van der Waals surface area contributed by atoms with Gasteiger partial charge in [-0.05, 0) is 42.7 Å². The van der Waals surface area contributed by atoms with E-state index in [1.807, 2.05) is 12.1 Å². The van der Waals surface area contributed by atoms with Crippen molar-refractivity contribution in [2.75, 3.05) is 0 Å². The molecule has 19 heavy (non-hydrogen) atoms. The molecule has 0 aliphatic heterocycles. The molecule has 2 aromatic rings. The van der Waals surface area contributed by atoms with Crippen LogP contribution in [0.15, 0.2) is 42.7 Å². The number of hydrogen-bond donors (Lipinski definition) is 1. The van der Waals surface area contributed by atoms with Crippen molar-refractivity contribution in [2.24, 2.45) is 0 Å². The number of rotatable bonds is 6. The summed E-state index contributed by atoms with van der Waals surface area (Å²) < 4.78 is 15.1. The van der Waals surface area contributed by atoms with E-state index in [0.29, 0.717) is 0 Å². The van der Waals surface area contributed by atoms with E-state index in [1.54, 1.807) is 0 Å². The van der Waals surface area contributed by atoms with Crippen LogP contribution in [-0.2, 0) is 13.1 Å². The molecule has 0 saturated carbocycles. The molecule has 102 valence electrons. The first-order chi connectivity index (χ1) is 9.19. The van der Waals surface area contributed by atoms with Crippen molar-refractivity contribution >= 4 is 0 Å². The van der Waals surface area contributed by atoms with Gasteiger partial charge in [-0.3, -0.25) is 0 Å². The molecule has 1 heterocycles. The van der Waals surface area contributed by atoms with E-state index in [9.17, 15) is 4.39 Å². The number of aromatic nitrogens is 1. The molecule has 3 heteroatoms. The summed E-state index contributed by atoms with van der Waals surface area (Å²) >= 11 is 0. The van der Waals surface area contributed by atoms with Crippen LogP contribution in [0.1, 0.15) is 37.4 Å². The van der Waals surface area contributed by atoms with Gasteiger partial charge in [0.2, 0.25) is 0 Å². The Kier molecular flexibility index (Phi) is 4.74. The lowest BCUT2D eigenvalue weighted by Crippen LogP contribution is -2.17. The van der Waals surface area contributed by atoms with Gasteiger partial charge in [0.1, 0.15) is 5.82 Å². The van der Waals surface area contributed by atoms with Gasteiger partial charge in [-0.15, -0.1) is 0 Å². The Hall–Kier alpha value is -1.61. The first-order valence-electron chi connectivity index (χ1n) is 6.82. The van der Waals surface area contributed by atoms with E-state index in [4.69, 9.17) is 0 Å². The van der Waals surface area contributed by atoms with Gasteiger partial charge in [0, 0.05) is 31.5 Å². The SMILES string of the molecule is CCCn1ccc(CNC(C)c2ccc(F)cc2)c1. The summed E-state index contributed by atoms with van der Waals surface area (Å²) in [6, 6.07) is 9.02. The molecule has 0 bridgehead atoms. The highest BCUT2D eigenvalue weighted by Crippen LogP contribution is 2.13. The number of nitrogens with zero attached hydrogens (tertiary/aromatic N) is 1. The van der Waals surface area contributed by atoms with E-state index in [0.717, 1.165) is 25.1 Å². The molecule has 0 amide bonds. The number of benzene rings is 1. The lowest BCUT2D eigenvalue weighted by atomic mass is 10.1. The van der Waals surface area contributed by atoms with Crippen molar-refractivity contribution in [1.82, 2.24) is 9.88 Å². The maximum atomic E-state index is 12.9. The summed E-state index contributed by atoms with van der Waals surface area (Å²) in [4.78, 5) is 0. The quantitative estimate of drug-likeness (QED) is 0.834. The largest absolute Gasteiger partial charge is 0.354 e. The molecule has 1 aromatic carbocycles. The zero-order chi connectivity index (χ0) is 13.7. The Labute approximate surface area is 114 Å². The minimum Gasteiger partial charge on any atom is -0.354 e. The molecule has 2 rings (SSSR count). The zero-order valence-electron chi connectivity index (χ0n) is 11.6. The smallest absolute Gasteiger partial charge is 0.123 e. The van der Waals surface area contributed by atoms with Crippen LogP contribution in [0.3, 0.4) is 0 Å². The molecule has 1 aromatic heterocycles. The van der Waals surface area contributed by atoms with Gasteiger partial charge in [-0.1, -0.05) is 19.1 Å². The first-order valence-corrected chi connectivity index (χ1v) is 6.82. The Bertz CT molecular complexity index is 502. The fraction of sp³-hybridized carbons (Fsp3) is 0.375. The van der Waals surface area contributed by atoms with Crippen LogP contribution < -0.4 is 5.32 Å². The molecule has 0 fully saturated rings. The molecule has 0 saturated heterocycles. The van der Waals surface area contributed by atoms with E-state index in [-0.39, 0.29) is 11.9 Å². The van der Waals surface area contributed by atoms with Crippen LogP contribution in [0.2, 0.25) is 0 Å². The van der Waals surface area contributed by atoms with E-state index >= 15 is 0 Å². The first kappa shape index (κ1) is 13.8. The van der Waals surface area contributed by atoms with Gasteiger partial charge in [-0.2, -0.15) is 0 Å². The molecule has 0 radical (unpaired) electrons. The summed E-state index contributed by atoms with van der Waals surface area (Å²) in [5.41, 5.74) is 2.39. The summed E-state index contributed by atoms with van der Waals surface area (Å²) in [7, 11) is 0. The van der Waals surface area contributed by atoms with Crippen molar-refractivity contribution in [1.29, 1.82) is 0 Å². The third kappa shape index (κ3) is 3.93. The Morgan fingerprint density at radius 2 is 1.95 bits per heavy atom. The van der Waals surface area contributed by atoms with Crippen LogP contribution in [-0.4, -0.2) is 4.57 Å². The molecular weight excluding hydrogens is 239 g/mol. The highest BCUT2D eigenvalue weighted by Gasteiger charge is 2.05. The van der Waals surface area contributed by atoms with Crippen LogP contribution in [0.25, 0.3) is 0 Å². The molecule has 1 N–H and O–H groups in total. The Balaban J connectivity index is 1.88. The normalized spacial score (nSPS) is 12.6. The second-order valence-electron chi connectivity index (χ2n) is 4.91. The van der Waals surface area contributed by atoms with Crippen molar-refractivity contribution in [3.63, 3.8) is 0 Å². The maximum absolute atomic E-state index is 12.9. The summed E-state index contributed by atoms with van der Waals surface area (Å²) in [5.74, 6) is -0.187. The highest BCUT2D eigenvalue weighted by atomic mass is 19.1. The standard InChI is InChI=1S/C16H21FN2/c1-3-9-19-10-8-14(12-19)11-18-13(2)15-4-6-16(17)7-5-15/h4-8,10,12-13,18H,3,9,11H2,1-2H3. The Morgan fingerprint density at radius 3 is 2.63 bits per heavy atom. The van der Waals surface area contributed by atoms with E-state index < -0.39 is 0 Å².